The summed E-state index contributed by atoms with van der Waals surface area (Å²) in [4.78, 5) is 23.0. The second-order valence-corrected chi connectivity index (χ2v) is 4.49. The topological polar surface area (TPSA) is 71.1 Å². The fourth-order valence-corrected chi connectivity index (χ4v) is 1.56. The molecule has 0 amide bonds. The number of carbonyl (C=O) groups excluding carboxylic acids is 2. The lowest BCUT2D eigenvalue weighted by Gasteiger charge is -2.13. The van der Waals surface area contributed by atoms with Crippen LogP contribution in [-0.4, -0.2) is 25.0 Å². The third-order valence-corrected chi connectivity index (χ3v) is 2.57. The van der Waals surface area contributed by atoms with E-state index in [4.69, 9.17) is 18.9 Å². The van der Waals surface area contributed by atoms with Gasteiger partial charge in [0, 0.05) is 6.08 Å². The van der Waals surface area contributed by atoms with Crippen LogP contribution < -0.4 is 4.74 Å². The lowest BCUT2D eigenvalue weighted by molar-refractivity contribution is 0.0124. The van der Waals surface area contributed by atoms with Gasteiger partial charge in [-0.1, -0.05) is 18.2 Å². The van der Waals surface area contributed by atoms with Gasteiger partial charge < -0.3 is 18.9 Å². The van der Waals surface area contributed by atoms with E-state index in [1.807, 2.05) is 0 Å². The van der Waals surface area contributed by atoms with Gasteiger partial charge in [-0.05, 0) is 19.1 Å². The molecule has 6 nitrogen and oxygen atoms in total. The first-order chi connectivity index (χ1) is 11.1. The van der Waals surface area contributed by atoms with E-state index < -0.39 is 18.4 Å². The minimum Gasteiger partial charge on any atom is -0.430 e. The van der Waals surface area contributed by atoms with Crippen LogP contribution in [0.2, 0.25) is 0 Å². The predicted molar refractivity (Wildman–Crippen MR) is 80.5 cm³/mol. The summed E-state index contributed by atoms with van der Waals surface area (Å²) >= 11 is 0. The Morgan fingerprint density at radius 2 is 1.91 bits per heavy atom. The zero-order valence-electron chi connectivity index (χ0n) is 12.4. The second-order valence-electron chi connectivity index (χ2n) is 4.49. The molecule has 0 saturated carbocycles. The molecule has 6 heteroatoms. The molecule has 0 heterocycles. The summed E-state index contributed by atoms with van der Waals surface area (Å²) in [6.07, 6.45) is 6.70. The Balaban J connectivity index is 1.68. The van der Waals surface area contributed by atoms with Crippen molar-refractivity contribution in [1.82, 2.24) is 0 Å². The van der Waals surface area contributed by atoms with E-state index in [0.717, 1.165) is 0 Å². The Hall–Kier alpha value is -3.11. The molecule has 23 heavy (non-hydrogen) atoms. The SMILES string of the molecule is CC(COC(=O)OC1=CC=[C+]C=C1)OC(=O)Oc1ccccc1. The van der Waals surface area contributed by atoms with E-state index in [1.54, 1.807) is 61.6 Å². The molecule has 1 aliphatic carbocycles. The first kappa shape index (κ1) is 16.3. The van der Waals surface area contributed by atoms with Gasteiger partial charge in [0.15, 0.2) is 0 Å². The molecule has 1 aromatic carbocycles. The van der Waals surface area contributed by atoms with Gasteiger partial charge in [0.1, 0.15) is 30.6 Å². The predicted octanol–water partition coefficient (Wildman–Crippen LogP) is 3.56. The number of allylic oxidation sites excluding steroid dienone is 5. The molecule has 1 aliphatic rings. The Labute approximate surface area is 133 Å². The summed E-state index contributed by atoms with van der Waals surface area (Å²) in [6.45, 7) is 1.42. The van der Waals surface area contributed by atoms with Crippen molar-refractivity contribution in [2.24, 2.45) is 0 Å². The quantitative estimate of drug-likeness (QED) is 0.470. The van der Waals surface area contributed by atoms with Gasteiger partial charge in [0.2, 0.25) is 5.76 Å². The Morgan fingerprint density at radius 1 is 1.13 bits per heavy atom. The zero-order valence-corrected chi connectivity index (χ0v) is 12.4. The maximum atomic E-state index is 11.5. The summed E-state index contributed by atoms with van der Waals surface area (Å²) in [6, 6.07) is 8.50. The fourth-order valence-electron chi connectivity index (χ4n) is 1.56. The summed E-state index contributed by atoms with van der Waals surface area (Å²) in [5.41, 5.74) is 0. The van der Waals surface area contributed by atoms with E-state index in [9.17, 15) is 9.59 Å². The third-order valence-electron chi connectivity index (χ3n) is 2.57. The van der Waals surface area contributed by atoms with E-state index in [-0.39, 0.29) is 6.61 Å². The largest absolute Gasteiger partial charge is 0.515 e. The molecule has 1 atom stereocenters. The molecule has 1 unspecified atom stereocenters. The van der Waals surface area contributed by atoms with Crippen molar-refractivity contribution < 1.29 is 28.5 Å². The van der Waals surface area contributed by atoms with Crippen molar-refractivity contribution in [3.63, 3.8) is 0 Å². The van der Waals surface area contributed by atoms with Crippen molar-refractivity contribution >= 4 is 12.3 Å². The molecule has 0 saturated heterocycles. The number of benzene rings is 1. The zero-order chi connectivity index (χ0) is 16.5. The first-order valence-electron chi connectivity index (χ1n) is 6.88. The van der Waals surface area contributed by atoms with Gasteiger partial charge in [0.05, 0.1) is 12.2 Å². The van der Waals surface area contributed by atoms with Gasteiger partial charge in [0.25, 0.3) is 0 Å². The normalized spacial score (nSPS) is 13.3. The highest BCUT2D eigenvalue weighted by molar-refractivity contribution is 5.64. The first-order valence-corrected chi connectivity index (χ1v) is 6.88. The van der Waals surface area contributed by atoms with Crippen LogP contribution in [0.15, 0.2) is 60.4 Å². The molecule has 2 rings (SSSR count). The number of carbonyl (C=O) groups is 2. The van der Waals surface area contributed by atoms with Gasteiger partial charge in [-0.2, -0.15) is 0 Å². The summed E-state index contributed by atoms with van der Waals surface area (Å²) < 4.78 is 19.7. The average Bonchev–Trinajstić information content (AvgIpc) is 2.55. The van der Waals surface area contributed by atoms with Crippen molar-refractivity contribution in [3.05, 3.63) is 66.5 Å². The minimum atomic E-state index is -0.886. The van der Waals surface area contributed by atoms with Crippen molar-refractivity contribution in [2.75, 3.05) is 6.61 Å². The maximum Gasteiger partial charge on any atom is 0.515 e. The lowest BCUT2D eigenvalue weighted by atomic mass is 10.3. The summed E-state index contributed by atoms with van der Waals surface area (Å²) in [5, 5.41) is 0. The molecule has 0 N–H and O–H groups in total. The van der Waals surface area contributed by atoms with Crippen LogP contribution in [-0.2, 0) is 14.2 Å². The molecular weight excluding hydrogens is 300 g/mol. The van der Waals surface area contributed by atoms with Gasteiger partial charge in [-0.3, -0.25) is 0 Å². The Bertz CT molecular complexity index is 630. The van der Waals surface area contributed by atoms with E-state index in [2.05, 4.69) is 6.08 Å². The smallest absolute Gasteiger partial charge is 0.430 e. The van der Waals surface area contributed by atoms with E-state index in [1.165, 1.54) is 0 Å². The number of rotatable bonds is 5. The van der Waals surface area contributed by atoms with E-state index >= 15 is 0 Å². The van der Waals surface area contributed by atoms with Crippen molar-refractivity contribution in [1.29, 1.82) is 0 Å². The number of ether oxygens (including phenoxy) is 4. The standard InChI is InChI=1S/C17H15O6/c1-13(21-17(19)23-15-10-6-3-7-11-15)12-20-16(18)22-14-8-4-2-5-9-14/h3-11,13H,12H2,1H3/q+1. The lowest BCUT2D eigenvalue weighted by Crippen LogP contribution is -2.24. The number of hydrogen-bond donors (Lipinski definition) is 0. The summed E-state index contributed by atoms with van der Waals surface area (Å²) in [7, 11) is 0. The van der Waals surface area contributed by atoms with Crippen LogP contribution in [0.1, 0.15) is 6.92 Å². The van der Waals surface area contributed by atoms with Gasteiger partial charge in [-0.25, -0.2) is 9.59 Å². The number of hydrogen-bond acceptors (Lipinski definition) is 6. The number of para-hydroxylation sites is 1. The molecule has 1 aromatic rings. The van der Waals surface area contributed by atoms with Crippen molar-refractivity contribution in [3.8, 4) is 5.75 Å². The third kappa shape index (κ3) is 6.03. The van der Waals surface area contributed by atoms with E-state index in [0.29, 0.717) is 11.5 Å². The van der Waals surface area contributed by atoms with Crippen LogP contribution in [0.5, 0.6) is 5.75 Å². The van der Waals surface area contributed by atoms with Crippen LogP contribution in [0.4, 0.5) is 9.59 Å². The molecular formula is C17H15O6+. The highest BCUT2D eigenvalue weighted by Gasteiger charge is 2.16. The summed E-state index contributed by atoms with van der Waals surface area (Å²) in [5.74, 6) is 0.705. The van der Waals surface area contributed by atoms with Crippen LogP contribution in [0.25, 0.3) is 0 Å². The molecule has 0 aliphatic heterocycles. The Morgan fingerprint density at radius 3 is 2.61 bits per heavy atom. The van der Waals surface area contributed by atoms with Crippen LogP contribution >= 0.6 is 0 Å². The average molecular weight is 315 g/mol. The molecule has 0 aromatic heterocycles. The maximum absolute atomic E-state index is 11.5. The Kier molecular flexibility index (Phi) is 5.91. The molecule has 0 spiro atoms. The van der Waals surface area contributed by atoms with Gasteiger partial charge >= 0.3 is 12.3 Å². The fraction of sp³-hybridized carbons (Fsp3) is 0.176. The second kappa shape index (κ2) is 8.36. The highest BCUT2D eigenvalue weighted by atomic mass is 16.8. The van der Waals surface area contributed by atoms with Crippen LogP contribution in [0.3, 0.4) is 0 Å². The molecule has 0 bridgehead atoms. The minimum absolute atomic E-state index is 0.151. The monoisotopic (exact) mass is 315 g/mol. The van der Waals surface area contributed by atoms with Crippen LogP contribution in [0, 0.1) is 6.08 Å². The van der Waals surface area contributed by atoms with Gasteiger partial charge in [-0.15, -0.1) is 0 Å². The highest BCUT2D eigenvalue weighted by Crippen LogP contribution is 2.10. The van der Waals surface area contributed by atoms with Crippen molar-refractivity contribution in [2.45, 2.75) is 13.0 Å². The molecule has 118 valence electrons. The molecule has 0 radical (unpaired) electrons. The molecule has 0 fully saturated rings.